The second-order valence-electron chi connectivity index (χ2n) is 7.24. The molecule has 0 saturated carbocycles. The lowest BCUT2D eigenvalue weighted by Crippen LogP contribution is -2.05. The minimum atomic E-state index is 0.0632. The SMILES string of the molecule is C1=CC(c2coc(C3=CN=Cc4ccccc4N3)n2)c2cccc3cccc1c23. The summed E-state index contributed by atoms with van der Waals surface area (Å²) >= 11 is 0. The topological polar surface area (TPSA) is 50.4 Å². The number of nitrogens with one attached hydrogen (secondary N) is 1. The third-order valence-electron chi connectivity index (χ3n) is 5.49. The number of hydrogen-bond acceptors (Lipinski definition) is 4. The maximum absolute atomic E-state index is 5.86. The van der Waals surface area contributed by atoms with Crippen LogP contribution in [0, 0.1) is 0 Å². The van der Waals surface area contributed by atoms with Crippen molar-refractivity contribution in [3.8, 4) is 0 Å². The van der Waals surface area contributed by atoms with Gasteiger partial charge < -0.3 is 9.73 Å². The lowest BCUT2D eigenvalue weighted by molar-refractivity contribution is 0.541. The number of rotatable bonds is 2. The van der Waals surface area contributed by atoms with Crippen LogP contribution in [0.2, 0.25) is 0 Å². The molecule has 0 radical (unpaired) electrons. The van der Waals surface area contributed by atoms with Crippen molar-refractivity contribution in [1.29, 1.82) is 0 Å². The maximum atomic E-state index is 5.86. The van der Waals surface area contributed by atoms with Crippen molar-refractivity contribution in [3.05, 3.63) is 107 Å². The van der Waals surface area contributed by atoms with Crippen LogP contribution in [-0.4, -0.2) is 11.2 Å². The van der Waals surface area contributed by atoms with E-state index in [0.29, 0.717) is 5.89 Å². The van der Waals surface area contributed by atoms with E-state index in [-0.39, 0.29) is 5.92 Å². The summed E-state index contributed by atoms with van der Waals surface area (Å²) in [5.74, 6) is 0.599. The number of hydrogen-bond donors (Lipinski definition) is 1. The fourth-order valence-corrected chi connectivity index (χ4v) is 4.11. The van der Waals surface area contributed by atoms with Gasteiger partial charge in [-0.15, -0.1) is 0 Å². The Morgan fingerprint density at radius 1 is 0.897 bits per heavy atom. The van der Waals surface area contributed by atoms with Crippen LogP contribution in [0.25, 0.3) is 22.5 Å². The molecule has 0 amide bonds. The van der Waals surface area contributed by atoms with E-state index in [9.17, 15) is 0 Å². The number of anilines is 1. The van der Waals surface area contributed by atoms with Crippen molar-refractivity contribution in [2.45, 2.75) is 5.92 Å². The molecule has 4 aromatic rings. The Morgan fingerprint density at radius 3 is 2.72 bits per heavy atom. The smallest absolute Gasteiger partial charge is 0.244 e. The van der Waals surface area contributed by atoms with Crippen LogP contribution in [0.1, 0.15) is 34.2 Å². The highest BCUT2D eigenvalue weighted by molar-refractivity contribution is 5.96. The standard InChI is InChI=1S/C25H17N3O/c1-2-10-21-18(5-1)13-26-14-22(27-21)25-28-23(15-29-25)19-12-11-17-7-3-6-16-8-4-9-20(19)24(16)17/h1-15,19,27H. The van der Waals surface area contributed by atoms with Gasteiger partial charge in [0.25, 0.3) is 0 Å². The number of aliphatic imine (C=N–C) groups is 1. The van der Waals surface area contributed by atoms with Crippen LogP contribution < -0.4 is 5.32 Å². The zero-order chi connectivity index (χ0) is 19.2. The predicted octanol–water partition coefficient (Wildman–Crippen LogP) is 5.83. The van der Waals surface area contributed by atoms with E-state index in [1.807, 2.05) is 30.5 Å². The monoisotopic (exact) mass is 375 g/mol. The number of oxazole rings is 1. The van der Waals surface area contributed by atoms with Gasteiger partial charge in [-0.05, 0) is 28.0 Å². The molecule has 29 heavy (non-hydrogen) atoms. The Labute approximate surface area is 167 Å². The molecule has 0 bridgehead atoms. The summed E-state index contributed by atoms with van der Waals surface area (Å²) in [4.78, 5) is 9.20. The van der Waals surface area contributed by atoms with Gasteiger partial charge >= 0.3 is 0 Å². The normalized spacial score (nSPS) is 16.8. The molecule has 1 aliphatic heterocycles. The van der Waals surface area contributed by atoms with Gasteiger partial charge in [-0.1, -0.05) is 66.7 Å². The van der Waals surface area contributed by atoms with Crippen LogP contribution in [0.3, 0.4) is 0 Å². The molecule has 0 saturated heterocycles. The first-order valence-corrected chi connectivity index (χ1v) is 9.62. The van der Waals surface area contributed by atoms with Crippen LogP contribution in [0.4, 0.5) is 5.69 Å². The van der Waals surface area contributed by atoms with E-state index in [1.54, 1.807) is 12.5 Å². The average molecular weight is 375 g/mol. The minimum absolute atomic E-state index is 0.0632. The molecule has 6 rings (SSSR count). The highest BCUT2D eigenvalue weighted by Gasteiger charge is 2.23. The zero-order valence-corrected chi connectivity index (χ0v) is 15.5. The number of nitrogens with zero attached hydrogens (tertiary/aromatic N) is 2. The van der Waals surface area contributed by atoms with Gasteiger partial charge in [0.15, 0.2) is 0 Å². The van der Waals surface area contributed by atoms with E-state index in [1.165, 1.54) is 21.9 Å². The molecule has 1 aromatic heterocycles. The van der Waals surface area contributed by atoms with E-state index < -0.39 is 0 Å². The molecule has 4 heteroatoms. The summed E-state index contributed by atoms with van der Waals surface area (Å²) in [7, 11) is 0. The van der Waals surface area contributed by atoms with Crippen LogP contribution in [0.15, 0.2) is 88.6 Å². The van der Waals surface area contributed by atoms with Gasteiger partial charge in [0.1, 0.15) is 12.0 Å². The van der Waals surface area contributed by atoms with Crippen LogP contribution in [0.5, 0.6) is 0 Å². The summed E-state index contributed by atoms with van der Waals surface area (Å²) in [5, 5.41) is 5.93. The summed E-state index contributed by atoms with van der Waals surface area (Å²) in [5.41, 5.74) is 6.15. The van der Waals surface area contributed by atoms with Gasteiger partial charge in [0.2, 0.25) is 5.89 Å². The minimum Gasteiger partial charge on any atom is -0.443 e. The summed E-state index contributed by atoms with van der Waals surface area (Å²) in [6, 6.07) is 20.9. The van der Waals surface area contributed by atoms with Crippen molar-refractivity contribution in [2.24, 2.45) is 4.99 Å². The second-order valence-corrected chi connectivity index (χ2v) is 7.24. The number of fused-ring (bicyclic) bond motifs is 1. The summed E-state index contributed by atoms with van der Waals surface area (Å²) < 4.78 is 5.86. The number of para-hydroxylation sites is 1. The lowest BCUT2D eigenvalue weighted by Gasteiger charge is -2.19. The Morgan fingerprint density at radius 2 is 1.76 bits per heavy atom. The Bertz CT molecular complexity index is 1340. The first-order chi connectivity index (χ1) is 14.4. The quantitative estimate of drug-likeness (QED) is 0.480. The number of benzene rings is 3. The maximum Gasteiger partial charge on any atom is 0.244 e. The molecular weight excluding hydrogens is 358 g/mol. The molecule has 3 aromatic carbocycles. The molecule has 4 nitrogen and oxygen atoms in total. The van der Waals surface area contributed by atoms with Gasteiger partial charge in [0.05, 0.1) is 11.9 Å². The molecule has 0 spiro atoms. The second kappa shape index (κ2) is 6.31. The highest BCUT2D eigenvalue weighted by Crippen LogP contribution is 2.38. The highest BCUT2D eigenvalue weighted by atomic mass is 16.3. The van der Waals surface area contributed by atoms with Crippen molar-refractivity contribution in [2.75, 3.05) is 5.32 Å². The molecule has 1 aliphatic carbocycles. The molecule has 1 atom stereocenters. The molecule has 2 aliphatic rings. The molecule has 2 heterocycles. The lowest BCUT2D eigenvalue weighted by atomic mass is 9.85. The largest absolute Gasteiger partial charge is 0.443 e. The fourth-order valence-electron chi connectivity index (χ4n) is 4.11. The number of aromatic nitrogens is 1. The fraction of sp³-hybridized carbons (Fsp3) is 0.0400. The molecular formula is C25H17N3O. The number of allylic oxidation sites excluding steroid dienone is 1. The Kier molecular flexibility index (Phi) is 3.50. The molecule has 1 unspecified atom stereocenters. The molecule has 138 valence electrons. The van der Waals surface area contributed by atoms with Crippen LogP contribution in [-0.2, 0) is 0 Å². The first kappa shape index (κ1) is 16.1. The van der Waals surface area contributed by atoms with Crippen LogP contribution >= 0.6 is 0 Å². The van der Waals surface area contributed by atoms with Gasteiger partial charge in [-0.25, -0.2) is 4.98 Å². The van der Waals surface area contributed by atoms with Crippen molar-refractivity contribution < 1.29 is 4.42 Å². The van der Waals surface area contributed by atoms with Crippen molar-refractivity contribution >= 4 is 34.4 Å². The first-order valence-electron chi connectivity index (χ1n) is 9.62. The van der Waals surface area contributed by atoms with Crippen molar-refractivity contribution in [1.82, 2.24) is 4.98 Å². The zero-order valence-electron chi connectivity index (χ0n) is 15.5. The molecule has 0 fully saturated rings. The van der Waals surface area contributed by atoms with E-state index in [0.717, 1.165) is 22.6 Å². The van der Waals surface area contributed by atoms with Gasteiger partial charge in [0, 0.05) is 23.4 Å². The van der Waals surface area contributed by atoms with Gasteiger partial charge in [-0.3, -0.25) is 4.99 Å². The van der Waals surface area contributed by atoms with E-state index in [2.05, 4.69) is 58.9 Å². The predicted molar refractivity (Wildman–Crippen MR) is 117 cm³/mol. The van der Waals surface area contributed by atoms with Gasteiger partial charge in [-0.2, -0.15) is 0 Å². The summed E-state index contributed by atoms with van der Waals surface area (Å²) in [6.45, 7) is 0. The third-order valence-corrected chi connectivity index (χ3v) is 5.49. The van der Waals surface area contributed by atoms with E-state index >= 15 is 0 Å². The van der Waals surface area contributed by atoms with Crippen molar-refractivity contribution in [3.63, 3.8) is 0 Å². The Hall–Kier alpha value is -3.92. The third kappa shape index (κ3) is 2.61. The average Bonchev–Trinajstić information content (AvgIpc) is 3.14. The van der Waals surface area contributed by atoms with E-state index in [4.69, 9.17) is 9.40 Å². The Balaban J connectivity index is 1.39. The summed E-state index contributed by atoms with van der Waals surface area (Å²) in [6.07, 6.45) is 9.71. The molecule has 1 N–H and O–H groups in total.